The van der Waals surface area contributed by atoms with Crippen molar-refractivity contribution in [3.05, 3.63) is 153 Å². The van der Waals surface area contributed by atoms with Gasteiger partial charge in [-0.05, 0) is 117 Å². The van der Waals surface area contributed by atoms with E-state index in [4.69, 9.17) is 4.74 Å². The number of phenols is 4. The summed E-state index contributed by atoms with van der Waals surface area (Å²) in [7, 11) is 0. The maximum Gasteiger partial charge on any atom is 0.407 e. The zero-order valence-electron chi connectivity index (χ0n) is 38.2. The highest BCUT2D eigenvalue weighted by Gasteiger charge is 2.26. The summed E-state index contributed by atoms with van der Waals surface area (Å²) in [5.41, 5.74) is 4.07. The van der Waals surface area contributed by atoms with E-state index in [1.54, 1.807) is 48.5 Å². The third kappa shape index (κ3) is 15.4. The zero-order chi connectivity index (χ0) is 48.6. The van der Waals surface area contributed by atoms with Crippen molar-refractivity contribution in [2.75, 3.05) is 19.6 Å². The van der Waals surface area contributed by atoms with E-state index in [1.807, 2.05) is 30.3 Å². The predicted molar refractivity (Wildman–Crippen MR) is 251 cm³/mol. The number of alkyl carbamates (subject to hydrolysis) is 1. The van der Waals surface area contributed by atoms with Crippen LogP contribution in [-0.4, -0.2) is 91.0 Å². The summed E-state index contributed by atoms with van der Waals surface area (Å²) >= 11 is 0. The van der Waals surface area contributed by atoms with Crippen molar-refractivity contribution in [1.82, 2.24) is 20.4 Å². The molecule has 5 aromatic rings. The first-order valence-electron chi connectivity index (χ1n) is 22.0. The third-order valence-corrected chi connectivity index (χ3v) is 11.2. The Bertz CT molecular complexity index is 2450. The molecule has 0 aromatic heterocycles. The topological polar surface area (TPSA) is 223 Å². The van der Waals surface area contributed by atoms with E-state index in [0.717, 1.165) is 5.56 Å². The number of rotatable bonds is 24. The van der Waals surface area contributed by atoms with E-state index in [9.17, 15) is 49.2 Å². The van der Waals surface area contributed by atoms with E-state index >= 15 is 0 Å². The molecule has 0 saturated carbocycles. The number of ketones is 4. The smallest absolute Gasteiger partial charge is 0.407 e. The highest BCUT2D eigenvalue weighted by molar-refractivity contribution is 5.98. The molecule has 0 aliphatic heterocycles. The van der Waals surface area contributed by atoms with Gasteiger partial charge >= 0.3 is 6.09 Å². The summed E-state index contributed by atoms with van der Waals surface area (Å²) in [5.74, 6) is -2.29. The lowest BCUT2D eigenvalue weighted by molar-refractivity contribution is -0.121. The molecule has 352 valence electrons. The second-order valence-electron chi connectivity index (χ2n) is 16.6. The Labute approximate surface area is 390 Å². The van der Waals surface area contributed by atoms with Gasteiger partial charge in [-0.1, -0.05) is 54.6 Å². The molecule has 0 aliphatic carbocycles. The van der Waals surface area contributed by atoms with Gasteiger partial charge in [-0.25, -0.2) is 4.79 Å². The molecule has 67 heavy (non-hydrogen) atoms. The van der Waals surface area contributed by atoms with E-state index < -0.39 is 12.1 Å². The molecule has 5 aromatic carbocycles. The van der Waals surface area contributed by atoms with Gasteiger partial charge in [0, 0.05) is 58.3 Å². The fourth-order valence-electron chi connectivity index (χ4n) is 7.69. The molecular weight excluding hydrogens is 857 g/mol. The summed E-state index contributed by atoms with van der Waals surface area (Å²) < 4.78 is 5.27. The van der Waals surface area contributed by atoms with Crippen molar-refractivity contribution in [3.8, 4) is 23.0 Å². The summed E-state index contributed by atoms with van der Waals surface area (Å²) in [6.45, 7) is 7.18. The fourth-order valence-corrected chi connectivity index (χ4v) is 7.69. The van der Waals surface area contributed by atoms with Gasteiger partial charge in [0.05, 0.1) is 22.3 Å². The van der Waals surface area contributed by atoms with Gasteiger partial charge in [-0.3, -0.25) is 33.8 Å². The average molecular weight is 915 g/mol. The maximum atomic E-state index is 13.6. The quantitative estimate of drug-likeness (QED) is 0.0260. The number of Topliss-reactive ketones (excluding diaryl/α,β-unsaturated/α-hetero) is 4. The first-order valence-corrected chi connectivity index (χ1v) is 22.0. The predicted octanol–water partition coefficient (Wildman–Crippen LogP) is 7.61. The van der Waals surface area contributed by atoms with Gasteiger partial charge in [0.15, 0.2) is 23.1 Å². The lowest BCUT2D eigenvalue weighted by atomic mass is 10.0. The number of hydrogen-bond donors (Lipinski definition) is 6. The number of carbonyl (C=O) groups is 6. The van der Waals surface area contributed by atoms with Gasteiger partial charge in [0.1, 0.15) is 29.6 Å². The number of hydrogen-bond acceptors (Lipinski definition) is 13. The van der Waals surface area contributed by atoms with Crippen molar-refractivity contribution < 1.29 is 53.9 Å². The van der Waals surface area contributed by atoms with E-state index in [1.165, 1.54) is 52.0 Å². The number of phenolic OH excluding ortho intramolecular Hbond substituents is 4. The molecular formula is C52H58N4O11. The van der Waals surface area contributed by atoms with Crippen LogP contribution in [0.3, 0.4) is 0 Å². The van der Waals surface area contributed by atoms with Gasteiger partial charge in [-0.15, -0.1) is 0 Å². The minimum absolute atomic E-state index is 0.0471. The molecule has 1 atom stereocenters. The van der Waals surface area contributed by atoms with Gasteiger partial charge in [-0.2, -0.15) is 0 Å². The zero-order valence-corrected chi connectivity index (χ0v) is 38.2. The minimum atomic E-state index is -0.578. The van der Waals surface area contributed by atoms with Gasteiger partial charge < -0.3 is 35.8 Å². The summed E-state index contributed by atoms with van der Waals surface area (Å²) in [6, 6.07) is 27.8. The number of nitrogens with zero attached hydrogens (tertiary/aromatic N) is 2. The molecule has 0 fully saturated rings. The monoisotopic (exact) mass is 914 g/mol. The lowest BCUT2D eigenvalue weighted by Gasteiger charge is -2.36. The maximum absolute atomic E-state index is 13.6. The van der Waals surface area contributed by atoms with E-state index in [-0.39, 0.29) is 140 Å². The first kappa shape index (κ1) is 50.6. The molecule has 5 rings (SSSR count). The van der Waals surface area contributed by atoms with Crippen molar-refractivity contribution >= 4 is 35.1 Å². The number of ether oxygens (including phenoxy) is 1. The minimum Gasteiger partial charge on any atom is -0.507 e. The number of nitrogens with one attached hydrogen (secondary N) is 2. The van der Waals surface area contributed by atoms with Crippen molar-refractivity contribution in [2.24, 2.45) is 0 Å². The molecule has 2 amide bonds. The number of carbonyl (C=O) groups excluding carboxylic acids is 6. The Balaban J connectivity index is 1.47. The second kappa shape index (κ2) is 24.2. The van der Waals surface area contributed by atoms with Crippen LogP contribution in [-0.2, 0) is 42.3 Å². The van der Waals surface area contributed by atoms with Crippen molar-refractivity contribution in [2.45, 2.75) is 85.8 Å². The number of benzene rings is 5. The van der Waals surface area contributed by atoms with Crippen LogP contribution in [0.1, 0.15) is 116 Å². The average Bonchev–Trinajstić information content (AvgIpc) is 3.29. The Kier molecular flexibility index (Phi) is 18.3. The van der Waals surface area contributed by atoms with Crippen molar-refractivity contribution in [1.29, 1.82) is 0 Å². The molecule has 6 N–H and O–H groups in total. The highest BCUT2D eigenvalue weighted by atomic mass is 16.5. The molecule has 0 radical (unpaired) electrons. The van der Waals surface area contributed by atoms with Gasteiger partial charge in [0.2, 0.25) is 5.91 Å². The van der Waals surface area contributed by atoms with Crippen LogP contribution >= 0.6 is 0 Å². The Hall–Kier alpha value is -7.36. The van der Waals surface area contributed by atoms with E-state index in [0.29, 0.717) is 28.7 Å². The fraction of sp³-hybridized carbons (Fsp3) is 0.308. The Morgan fingerprint density at radius 1 is 0.522 bits per heavy atom. The molecule has 0 aliphatic rings. The number of amides is 2. The molecule has 15 nitrogen and oxygen atoms in total. The van der Waals surface area contributed by atoms with Gasteiger partial charge in [0.25, 0.3) is 0 Å². The summed E-state index contributed by atoms with van der Waals surface area (Å²) in [5, 5.41) is 47.7. The summed E-state index contributed by atoms with van der Waals surface area (Å²) in [4.78, 5) is 80.1. The van der Waals surface area contributed by atoms with Crippen LogP contribution in [0.15, 0.2) is 103 Å². The van der Waals surface area contributed by atoms with Crippen LogP contribution in [0.5, 0.6) is 23.0 Å². The van der Waals surface area contributed by atoms with Crippen LogP contribution in [0.4, 0.5) is 4.79 Å². The molecule has 0 saturated heterocycles. The molecule has 15 heteroatoms. The SMILES string of the molecule is CC(=O)c1cc(CN(Cc2ccc(O)c(C(C)=O)c2)CC(CCC(=O)NCCCNC(=O)OCc2ccccc2)N(Cc2ccc(O)c(C(C)=O)c2)Cc2ccc(O)c(C(C)=O)c2)ccc1O. The molecule has 1 unspecified atom stereocenters. The van der Waals surface area contributed by atoms with E-state index in [2.05, 4.69) is 20.4 Å². The van der Waals surface area contributed by atoms with Crippen LogP contribution in [0.2, 0.25) is 0 Å². The van der Waals surface area contributed by atoms with Crippen LogP contribution in [0, 0.1) is 0 Å². The van der Waals surface area contributed by atoms with Crippen LogP contribution < -0.4 is 10.6 Å². The third-order valence-electron chi connectivity index (χ3n) is 11.2. The Morgan fingerprint density at radius 3 is 1.34 bits per heavy atom. The normalized spacial score (nSPS) is 11.6. The molecule has 0 heterocycles. The Morgan fingerprint density at radius 2 is 0.925 bits per heavy atom. The number of aromatic hydroxyl groups is 4. The van der Waals surface area contributed by atoms with Crippen molar-refractivity contribution in [3.63, 3.8) is 0 Å². The molecule has 0 bridgehead atoms. The molecule has 0 spiro atoms. The summed E-state index contributed by atoms with van der Waals surface area (Å²) in [6.07, 6.45) is 0.165. The largest absolute Gasteiger partial charge is 0.507 e. The van der Waals surface area contributed by atoms with Crippen LogP contribution in [0.25, 0.3) is 0 Å². The first-order chi connectivity index (χ1) is 32.0. The lowest BCUT2D eigenvalue weighted by Crippen LogP contribution is -2.44. The second-order valence-corrected chi connectivity index (χ2v) is 16.6. The standard InChI is InChI=1S/C52H58N4O11/c1-33(57)43-23-38(11-16-47(43)61)27-55(28-39-12-17-48(62)44(24-39)34(2)58)31-42(15-20-51(65)53-21-8-22-54-52(66)67-32-37-9-6-5-7-10-37)56(29-40-13-18-49(63)45(25-40)35(3)59)30-41-14-19-50(64)46(26-41)36(4)60/h5-7,9-14,16-19,23-26,42,61-64H,8,15,20-22,27-32H2,1-4H3,(H,53,65)(H,54,66). The highest BCUT2D eigenvalue weighted by Crippen LogP contribution is 2.28.